The fourth-order valence-corrected chi connectivity index (χ4v) is 3.43. The second kappa shape index (κ2) is 4.15. The molecule has 2 fully saturated rings. The molecular formula is C14H22N2O2. The van der Waals surface area contributed by atoms with Gasteiger partial charge in [0.15, 0.2) is 0 Å². The number of ether oxygens (including phenoxy) is 1. The quantitative estimate of drug-likeness (QED) is 0.819. The van der Waals surface area contributed by atoms with Crippen molar-refractivity contribution in [2.75, 3.05) is 0 Å². The van der Waals surface area contributed by atoms with Gasteiger partial charge in [0.1, 0.15) is 5.60 Å². The van der Waals surface area contributed by atoms with E-state index < -0.39 is 5.60 Å². The maximum Gasteiger partial charge on any atom is 0.408 e. The summed E-state index contributed by atoms with van der Waals surface area (Å²) >= 11 is 0. The van der Waals surface area contributed by atoms with Crippen LogP contribution in [-0.4, -0.2) is 17.2 Å². The van der Waals surface area contributed by atoms with Crippen LogP contribution in [0.5, 0.6) is 0 Å². The normalized spacial score (nSPS) is 34.1. The van der Waals surface area contributed by atoms with Gasteiger partial charge in [-0.05, 0) is 58.3 Å². The lowest BCUT2D eigenvalue weighted by Gasteiger charge is -2.30. The predicted octanol–water partition coefficient (Wildman–Crippen LogP) is 3.13. The molecule has 4 nitrogen and oxygen atoms in total. The first-order valence-corrected chi connectivity index (χ1v) is 6.66. The predicted molar refractivity (Wildman–Crippen MR) is 67.8 cm³/mol. The zero-order valence-corrected chi connectivity index (χ0v) is 11.5. The average molecular weight is 250 g/mol. The van der Waals surface area contributed by atoms with Crippen molar-refractivity contribution in [1.29, 1.82) is 5.26 Å². The molecule has 2 aliphatic rings. The zero-order valence-electron chi connectivity index (χ0n) is 11.5. The van der Waals surface area contributed by atoms with Crippen molar-refractivity contribution >= 4 is 6.09 Å². The Morgan fingerprint density at radius 1 is 1.33 bits per heavy atom. The number of hydrogen-bond acceptors (Lipinski definition) is 3. The molecule has 0 atom stereocenters. The largest absolute Gasteiger partial charge is 0.444 e. The van der Waals surface area contributed by atoms with Crippen molar-refractivity contribution in [2.24, 2.45) is 5.41 Å². The molecule has 0 spiro atoms. The number of nitriles is 1. The summed E-state index contributed by atoms with van der Waals surface area (Å²) in [4.78, 5) is 11.9. The minimum atomic E-state index is -0.457. The molecule has 2 rings (SSSR count). The molecule has 1 N–H and O–H groups in total. The molecule has 2 bridgehead atoms. The Balaban J connectivity index is 1.96. The van der Waals surface area contributed by atoms with E-state index in [1.165, 1.54) is 0 Å². The Kier molecular flexibility index (Phi) is 3.04. The summed E-state index contributed by atoms with van der Waals surface area (Å²) in [5, 5.41) is 12.0. The van der Waals surface area contributed by atoms with Crippen LogP contribution < -0.4 is 5.32 Å². The van der Waals surface area contributed by atoms with Crippen LogP contribution in [0.2, 0.25) is 0 Å². The standard InChI is InChI=1S/C14H22N2O2/c1-12(2,3)18-11(17)16-14-6-4-13(10-14,5-7-14)8-9-15/h4-8,10H2,1-3H3,(H,16,17). The molecule has 0 aromatic heterocycles. The zero-order chi connectivity index (χ0) is 13.4. The van der Waals surface area contributed by atoms with E-state index in [1.807, 2.05) is 20.8 Å². The maximum atomic E-state index is 11.9. The second-order valence-corrected chi connectivity index (χ2v) is 6.92. The minimum Gasteiger partial charge on any atom is -0.444 e. The highest BCUT2D eigenvalue weighted by Gasteiger charge is 2.54. The summed E-state index contributed by atoms with van der Waals surface area (Å²) in [6, 6.07) is 2.29. The van der Waals surface area contributed by atoms with Crippen molar-refractivity contribution < 1.29 is 9.53 Å². The highest BCUT2D eigenvalue weighted by Crippen LogP contribution is 2.58. The highest BCUT2D eigenvalue weighted by molar-refractivity contribution is 5.69. The van der Waals surface area contributed by atoms with E-state index in [4.69, 9.17) is 10.00 Å². The molecule has 1 amide bonds. The van der Waals surface area contributed by atoms with Gasteiger partial charge in [-0.2, -0.15) is 5.26 Å². The van der Waals surface area contributed by atoms with E-state index in [-0.39, 0.29) is 17.0 Å². The van der Waals surface area contributed by atoms with Crippen LogP contribution in [0, 0.1) is 16.7 Å². The van der Waals surface area contributed by atoms with Crippen LogP contribution in [0.4, 0.5) is 4.79 Å². The molecule has 2 aliphatic carbocycles. The van der Waals surface area contributed by atoms with E-state index in [1.54, 1.807) is 0 Å². The lowest BCUT2D eigenvalue weighted by Crippen LogP contribution is -2.47. The molecule has 0 radical (unpaired) electrons. The molecule has 0 heterocycles. The van der Waals surface area contributed by atoms with Gasteiger partial charge in [-0.25, -0.2) is 4.79 Å². The Morgan fingerprint density at radius 3 is 2.44 bits per heavy atom. The monoisotopic (exact) mass is 250 g/mol. The van der Waals surface area contributed by atoms with Crippen molar-refractivity contribution in [2.45, 2.75) is 70.4 Å². The number of fused-ring (bicyclic) bond motifs is 2. The van der Waals surface area contributed by atoms with Gasteiger partial charge < -0.3 is 10.1 Å². The molecule has 0 aromatic rings. The molecular weight excluding hydrogens is 228 g/mol. The molecule has 0 aromatic carbocycles. The van der Waals surface area contributed by atoms with Crippen LogP contribution in [0.3, 0.4) is 0 Å². The number of alkyl carbamates (subject to hydrolysis) is 1. The number of carbonyl (C=O) groups is 1. The summed E-state index contributed by atoms with van der Waals surface area (Å²) in [6.07, 6.45) is 5.30. The fourth-order valence-electron chi connectivity index (χ4n) is 3.43. The molecule has 18 heavy (non-hydrogen) atoms. The third kappa shape index (κ3) is 2.60. The van der Waals surface area contributed by atoms with Gasteiger partial charge in [0, 0.05) is 12.0 Å². The SMILES string of the molecule is CC(C)(C)OC(=O)NC12CCC(CC#N)(CC1)C2. The highest BCUT2D eigenvalue weighted by atomic mass is 16.6. The number of hydrogen-bond donors (Lipinski definition) is 1. The lowest BCUT2D eigenvalue weighted by atomic mass is 9.82. The maximum absolute atomic E-state index is 11.9. The third-order valence-electron chi connectivity index (χ3n) is 4.20. The number of nitrogens with one attached hydrogen (secondary N) is 1. The molecule has 100 valence electrons. The van der Waals surface area contributed by atoms with E-state index in [9.17, 15) is 4.79 Å². The van der Waals surface area contributed by atoms with Gasteiger partial charge in [0.05, 0.1) is 6.07 Å². The Hall–Kier alpha value is -1.24. The summed E-state index contributed by atoms with van der Waals surface area (Å²) in [6.45, 7) is 5.61. The Morgan fingerprint density at radius 2 is 1.94 bits per heavy atom. The molecule has 4 heteroatoms. The lowest BCUT2D eigenvalue weighted by molar-refractivity contribution is 0.0458. The number of carbonyl (C=O) groups excluding carboxylic acids is 1. The van der Waals surface area contributed by atoms with Crippen LogP contribution in [0.25, 0.3) is 0 Å². The molecule has 0 aliphatic heterocycles. The number of rotatable bonds is 2. The smallest absolute Gasteiger partial charge is 0.408 e. The number of nitrogens with zero attached hydrogens (tertiary/aromatic N) is 1. The minimum absolute atomic E-state index is 0.112. The van der Waals surface area contributed by atoms with E-state index in [2.05, 4.69) is 11.4 Å². The van der Waals surface area contributed by atoms with Gasteiger partial charge in [0.2, 0.25) is 0 Å². The summed E-state index contributed by atoms with van der Waals surface area (Å²) in [5.74, 6) is 0. The van der Waals surface area contributed by atoms with Crippen molar-refractivity contribution in [3.8, 4) is 6.07 Å². The third-order valence-corrected chi connectivity index (χ3v) is 4.20. The van der Waals surface area contributed by atoms with Crippen LogP contribution in [0.1, 0.15) is 59.3 Å². The topological polar surface area (TPSA) is 62.1 Å². The van der Waals surface area contributed by atoms with Crippen LogP contribution in [-0.2, 0) is 4.74 Å². The molecule has 0 saturated heterocycles. The van der Waals surface area contributed by atoms with E-state index in [0.29, 0.717) is 6.42 Å². The molecule has 2 saturated carbocycles. The van der Waals surface area contributed by atoms with Crippen LogP contribution >= 0.6 is 0 Å². The average Bonchev–Trinajstić information content (AvgIpc) is 2.70. The van der Waals surface area contributed by atoms with Gasteiger partial charge in [-0.1, -0.05) is 0 Å². The van der Waals surface area contributed by atoms with Crippen molar-refractivity contribution in [1.82, 2.24) is 5.32 Å². The summed E-state index contributed by atoms with van der Waals surface area (Å²) in [5.41, 5.74) is -0.412. The Bertz CT molecular complexity index is 382. The van der Waals surface area contributed by atoms with Gasteiger partial charge in [-0.15, -0.1) is 0 Å². The first kappa shape index (κ1) is 13.2. The second-order valence-electron chi connectivity index (χ2n) is 6.92. The van der Waals surface area contributed by atoms with Gasteiger partial charge in [0.25, 0.3) is 0 Å². The van der Waals surface area contributed by atoms with E-state index >= 15 is 0 Å². The van der Waals surface area contributed by atoms with Crippen molar-refractivity contribution in [3.63, 3.8) is 0 Å². The first-order valence-electron chi connectivity index (χ1n) is 6.66. The van der Waals surface area contributed by atoms with Crippen LogP contribution in [0.15, 0.2) is 0 Å². The summed E-state index contributed by atoms with van der Waals surface area (Å²) in [7, 11) is 0. The van der Waals surface area contributed by atoms with E-state index in [0.717, 1.165) is 32.1 Å². The number of amides is 1. The van der Waals surface area contributed by atoms with Gasteiger partial charge in [-0.3, -0.25) is 0 Å². The molecule has 0 unspecified atom stereocenters. The van der Waals surface area contributed by atoms with Gasteiger partial charge >= 0.3 is 6.09 Å². The summed E-state index contributed by atoms with van der Waals surface area (Å²) < 4.78 is 5.32. The van der Waals surface area contributed by atoms with Crippen molar-refractivity contribution in [3.05, 3.63) is 0 Å². The fraction of sp³-hybridized carbons (Fsp3) is 0.857. The Labute approximate surface area is 109 Å². The first-order chi connectivity index (χ1) is 8.28.